The van der Waals surface area contributed by atoms with Crippen molar-refractivity contribution in [2.24, 2.45) is 0 Å². The van der Waals surface area contributed by atoms with E-state index in [4.69, 9.17) is 55.0 Å². The molecule has 0 aromatic heterocycles. The molecule has 3 fully saturated rings. The average molecular weight is 727 g/mol. The van der Waals surface area contributed by atoms with Crippen LogP contribution in [0.1, 0.15) is 51.4 Å². The highest BCUT2D eigenvalue weighted by atomic mass is 28.4. The van der Waals surface area contributed by atoms with E-state index >= 15 is 0 Å². The monoisotopic (exact) mass is 726 g/mol. The van der Waals surface area contributed by atoms with E-state index in [0.29, 0.717) is 64.9 Å². The Hall–Kier alpha value is -0.126. The number of hydrogen-bond donors (Lipinski definition) is 2. The molecule has 0 spiro atoms. The number of fused-ring (bicyclic) bond motifs is 2. The van der Waals surface area contributed by atoms with Gasteiger partial charge in [-0.2, -0.15) is 0 Å². The van der Waals surface area contributed by atoms with Gasteiger partial charge in [-0.1, -0.05) is 0 Å². The highest BCUT2D eigenvalue weighted by molar-refractivity contribution is 6.60. The van der Waals surface area contributed by atoms with Crippen molar-refractivity contribution >= 4 is 17.6 Å². The van der Waals surface area contributed by atoms with E-state index in [-0.39, 0.29) is 24.4 Å². The second kappa shape index (κ2) is 24.2. The normalized spacial score (nSPS) is 29.4. The van der Waals surface area contributed by atoms with Crippen LogP contribution in [0, 0.1) is 0 Å². The summed E-state index contributed by atoms with van der Waals surface area (Å²) in [6, 6.07) is 2.26. The molecular formula is C32H66N2O12Si2. The molecule has 0 aromatic rings. The van der Waals surface area contributed by atoms with Crippen molar-refractivity contribution in [1.29, 1.82) is 0 Å². The lowest BCUT2D eigenvalue weighted by Crippen LogP contribution is -2.47. The molecule has 284 valence electrons. The zero-order valence-electron chi connectivity index (χ0n) is 30.5. The molecule has 0 amide bonds. The van der Waals surface area contributed by atoms with Crippen LogP contribution in [0.2, 0.25) is 12.1 Å². The van der Waals surface area contributed by atoms with Crippen LogP contribution in [-0.2, 0) is 55.0 Å². The zero-order chi connectivity index (χ0) is 34.5. The van der Waals surface area contributed by atoms with Crippen LogP contribution in [0.3, 0.4) is 0 Å². The summed E-state index contributed by atoms with van der Waals surface area (Å²) in [6.45, 7) is 5.88. The third-order valence-corrected chi connectivity index (χ3v) is 15.4. The molecule has 14 nitrogen and oxygen atoms in total. The summed E-state index contributed by atoms with van der Waals surface area (Å²) in [5.74, 6) is 0. The van der Waals surface area contributed by atoms with Gasteiger partial charge in [0.15, 0.2) is 0 Å². The van der Waals surface area contributed by atoms with Crippen molar-refractivity contribution in [3.8, 4) is 0 Å². The van der Waals surface area contributed by atoms with Crippen molar-refractivity contribution in [2.75, 3.05) is 109 Å². The average Bonchev–Trinajstić information content (AvgIpc) is 3.12. The van der Waals surface area contributed by atoms with Crippen molar-refractivity contribution < 1.29 is 55.0 Å². The maximum Gasteiger partial charge on any atom is 0.500 e. The van der Waals surface area contributed by atoms with Gasteiger partial charge in [0.1, 0.15) is 0 Å². The molecule has 0 unspecified atom stereocenters. The van der Waals surface area contributed by atoms with Gasteiger partial charge in [-0.15, -0.1) is 0 Å². The Morgan fingerprint density at radius 3 is 1.12 bits per heavy atom. The molecule has 1 aliphatic heterocycles. The Morgan fingerprint density at radius 2 is 0.792 bits per heavy atom. The maximum absolute atomic E-state index is 6.35. The molecule has 1 heterocycles. The SMILES string of the molecule is CO[Si](CCCN[C@@H]1CC[C@@H]2OCCOCCO[C@@H]3CC[C@H](NCCC[Si](OC)(OC)OC)C[C@@H]3OCCOCCO[C@@H]2C1)(OC)OC. The fraction of sp³-hybridized carbons (Fsp3) is 1.00. The molecule has 1 saturated heterocycles. The Morgan fingerprint density at radius 1 is 0.458 bits per heavy atom. The van der Waals surface area contributed by atoms with Crippen LogP contribution in [0.25, 0.3) is 0 Å². The molecule has 3 rings (SSSR count). The summed E-state index contributed by atoms with van der Waals surface area (Å²) in [7, 11) is 4.84. The third-order valence-electron chi connectivity index (χ3n) is 9.75. The second-order valence-electron chi connectivity index (χ2n) is 12.6. The molecule has 16 heteroatoms. The van der Waals surface area contributed by atoms with E-state index in [0.717, 1.165) is 76.5 Å². The van der Waals surface area contributed by atoms with Gasteiger partial charge >= 0.3 is 17.6 Å². The minimum absolute atomic E-state index is 0.00611. The van der Waals surface area contributed by atoms with Gasteiger partial charge in [0, 0.05) is 66.8 Å². The van der Waals surface area contributed by atoms with E-state index < -0.39 is 17.6 Å². The van der Waals surface area contributed by atoms with Gasteiger partial charge in [-0.3, -0.25) is 0 Å². The molecule has 2 N–H and O–H groups in total. The van der Waals surface area contributed by atoms with Crippen molar-refractivity contribution in [3.05, 3.63) is 0 Å². The molecule has 3 aliphatic rings. The molecule has 2 aliphatic carbocycles. The first kappa shape index (κ1) is 42.3. The van der Waals surface area contributed by atoms with E-state index in [1.807, 2.05) is 0 Å². The Labute approximate surface area is 291 Å². The molecule has 0 bridgehead atoms. The number of rotatable bonds is 16. The summed E-state index contributed by atoms with van der Waals surface area (Å²) in [6.07, 6.45) is 7.60. The third kappa shape index (κ3) is 14.5. The lowest BCUT2D eigenvalue weighted by Gasteiger charge is -2.37. The summed E-state index contributed by atoms with van der Waals surface area (Å²) >= 11 is 0. The predicted molar refractivity (Wildman–Crippen MR) is 184 cm³/mol. The van der Waals surface area contributed by atoms with Gasteiger partial charge < -0.3 is 65.6 Å². The Balaban J connectivity index is 1.41. The maximum atomic E-state index is 6.35. The second-order valence-corrected chi connectivity index (χ2v) is 18.8. The number of ether oxygens (including phenoxy) is 6. The van der Waals surface area contributed by atoms with Crippen LogP contribution < -0.4 is 10.6 Å². The molecular weight excluding hydrogens is 661 g/mol. The van der Waals surface area contributed by atoms with Crippen molar-refractivity contribution in [1.82, 2.24) is 10.6 Å². The first-order valence-corrected chi connectivity index (χ1v) is 21.7. The van der Waals surface area contributed by atoms with E-state index in [2.05, 4.69) is 10.6 Å². The van der Waals surface area contributed by atoms with E-state index in [1.165, 1.54) is 0 Å². The van der Waals surface area contributed by atoms with Crippen LogP contribution >= 0.6 is 0 Å². The Kier molecular flexibility index (Phi) is 21.3. The molecule has 0 aromatic carbocycles. The van der Waals surface area contributed by atoms with Crippen LogP contribution in [0.5, 0.6) is 0 Å². The first-order chi connectivity index (χ1) is 23.5. The fourth-order valence-corrected chi connectivity index (χ4v) is 10.3. The quantitative estimate of drug-likeness (QED) is 0.178. The topological polar surface area (TPSA) is 135 Å². The highest BCUT2D eigenvalue weighted by Gasteiger charge is 2.38. The van der Waals surface area contributed by atoms with Crippen LogP contribution in [0.15, 0.2) is 0 Å². The van der Waals surface area contributed by atoms with Gasteiger partial charge in [0.05, 0.1) is 77.3 Å². The summed E-state index contributed by atoms with van der Waals surface area (Å²) in [4.78, 5) is 0. The molecule has 2 saturated carbocycles. The number of nitrogens with one attached hydrogen (secondary N) is 2. The number of hydrogen-bond acceptors (Lipinski definition) is 14. The largest absolute Gasteiger partial charge is 0.500 e. The van der Waals surface area contributed by atoms with Gasteiger partial charge in [0.25, 0.3) is 0 Å². The molecule has 0 radical (unpaired) electrons. The Bertz CT molecular complexity index is 739. The highest BCUT2D eigenvalue weighted by Crippen LogP contribution is 2.27. The zero-order valence-corrected chi connectivity index (χ0v) is 32.5. The lowest BCUT2D eigenvalue weighted by atomic mass is 9.90. The summed E-state index contributed by atoms with van der Waals surface area (Å²) in [5, 5.41) is 7.40. The smallest absolute Gasteiger partial charge is 0.377 e. The molecule has 48 heavy (non-hydrogen) atoms. The van der Waals surface area contributed by atoms with Crippen LogP contribution in [0.4, 0.5) is 0 Å². The molecule has 6 atom stereocenters. The van der Waals surface area contributed by atoms with Crippen LogP contribution in [-0.4, -0.2) is 163 Å². The fourth-order valence-electron chi connectivity index (χ4n) is 6.88. The minimum atomic E-state index is -2.55. The van der Waals surface area contributed by atoms with Gasteiger partial charge in [-0.25, -0.2) is 0 Å². The first-order valence-electron chi connectivity index (χ1n) is 17.9. The summed E-state index contributed by atoms with van der Waals surface area (Å²) in [5.41, 5.74) is 0. The lowest BCUT2D eigenvalue weighted by molar-refractivity contribution is -0.132. The predicted octanol–water partition coefficient (Wildman–Crippen LogP) is 2.39. The van der Waals surface area contributed by atoms with Gasteiger partial charge in [-0.05, 0) is 64.5 Å². The van der Waals surface area contributed by atoms with Gasteiger partial charge in [0.2, 0.25) is 0 Å². The van der Waals surface area contributed by atoms with Crippen molar-refractivity contribution in [2.45, 2.75) is 100.0 Å². The van der Waals surface area contributed by atoms with Crippen molar-refractivity contribution in [3.63, 3.8) is 0 Å². The van der Waals surface area contributed by atoms with E-state index in [1.54, 1.807) is 42.7 Å². The van der Waals surface area contributed by atoms with E-state index in [9.17, 15) is 0 Å². The minimum Gasteiger partial charge on any atom is -0.377 e. The summed E-state index contributed by atoms with van der Waals surface area (Å²) < 4.78 is 70.4. The standard InChI is InChI=1S/C32H66N2O12Si2/c1-35-47(36-2,37-3)23-7-13-33-27-9-11-29-31(25-27)45-21-17-42-18-22-46-32-26-28(34-14-8-24-48(38-4,39-5)40-6)10-12-30(32)44-20-16-41-15-19-43-29/h27-34H,7-26H2,1-6H3/t27-,28+,29+,30-,31-,32+.